The summed E-state index contributed by atoms with van der Waals surface area (Å²) in [5.41, 5.74) is 3.39. The minimum absolute atomic E-state index is 0.204. The molecule has 0 atom stereocenters. The van der Waals surface area contributed by atoms with Crippen molar-refractivity contribution in [2.75, 3.05) is 11.4 Å². The lowest BCUT2D eigenvalue weighted by Crippen LogP contribution is -2.29. The van der Waals surface area contributed by atoms with Crippen LogP contribution in [0.1, 0.15) is 22.7 Å². The molecule has 2 heterocycles. The number of hydrogen-bond donors (Lipinski definition) is 0. The number of benzene rings is 1. The van der Waals surface area contributed by atoms with Gasteiger partial charge in [-0.05, 0) is 31.4 Å². The number of carbonyl (C=O) groups excluding carboxylic acids is 1. The van der Waals surface area contributed by atoms with E-state index in [1.165, 1.54) is 5.56 Å². The van der Waals surface area contributed by atoms with Gasteiger partial charge in [0.05, 0.1) is 10.7 Å². The van der Waals surface area contributed by atoms with Crippen molar-refractivity contribution in [3.05, 3.63) is 45.9 Å². The maximum atomic E-state index is 12.3. The maximum Gasteiger partial charge on any atom is 0.227 e. The largest absolute Gasteiger partial charge is 0.312 e. The van der Waals surface area contributed by atoms with Crippen molar-refractivity contribution in [2.45, 2.75) is 26.2 Å². The summed E-state index contributed by atoms with van der Waals surface area (Å²) >= 11 is 1.64. The van der Waals surface area contributed by atoms with Crippen molar-refractivity contribution < 1.29 is 4.79 Å². The molecule has 0 aliphatic carbocycles. The summed E-state index contributed by atoms with van der Waals surface area (Å²) in [5.74, 6) is 0.204. The molecule has 0 spiro atoms. The van der Waals surface area contributed by atoms with E-state index in [1.54, 1.807) is 11.3 Å². The summed E-state index contributed by atoms with van der Waals surface area (Å²) < 4.78 is 0. The number of aromatic nitrogens is 1. The highest BCUT2D eigenvalue weighted by Crippen LogP contribution is 2.28. The van der Waals surface area contributed by atoms with Crippen molar-refractivity contribution in [3.63, 3.8) is 0 Å². The predicted octanol–water partition coefficient (Wildman–Crippen LogP) is 2.97. The third-order valence-corrected chi connectivity index (χ3v) is 4.27. The van der Waals surface area contributed by atoms with Crippen LogP contribution < -0.4 is 4.90 Å². The summed E-state index contributed by atoms with van der Waals surface area (Å²) in [7, 11) is 0. The van der Waals surface area contributed by atoms with Gasteiger partial charge in [-0.15, -0.1) is 11.3 Å². The Balaban J connectivity index is 1.66. The van der Waals surface area contributed by atoms with Crippen molar-refractivity contribution in [3.8, 4) is 0 Å². The van der Waals surface area contributed by atoms with Crippen LogP contribution in [-0.2, 0) is 17.6 Å². The average Bonchev–Trinajstić information content (AvgIpc) is 3.02. The fourth-order valence-corrected chi connectivity index (χ4v) is 3.14. The average molecular weight is 272 g/mol. The Morgan fingerprint density at radius 1 is 1.42 bits per heavy atom. The monoisotopic (exact) mass is 272 g/mol. The van der Waals surface area contributed by atoms with E-state index in [-0.39, 0.29) is 5.91 Å². The molecule has 1 aliphatic heterocycles. The second-order valence-corrected chi connectivity index (χ2v) is 5.84. The van der Waals surface area contributed by atoms with Crippen LogP contribution in [0.3, 0.4) is 0 Å². The molecule has 0 N–H and O–H groups in total. The molecule has 0 saturated heterocycles. The zero-order valence-electron chi connectivity index (χ0n) is 10.9. The van der Waals surface area contributed by atoms with Crippen LogP contribution in [-0.4, -0.2) is 17.4 Å². The molecular weight excluding hydrogens is 256 g/mol. The molecule has 19 heavy (non-hydrogen) atoms. The highest BCUT2D eigenvalue weighted by molar-refractivity contribution is 7.09. The Hall–Kier alpha value is -1.68. The first kappa shape index (κ1) is 12.4. The van der Waals surface area contributed by atoms with Crippen molar-refractivity contribution in [1.82, 2.24) is 4.98 Å². The smallest absolute Gasteiger partial charge is 0.227 e. The highest BCUT2D eigenvalue weighted by Gasteiger charge is 2.23. The van der Waals surface area contributed by atoms with E-state index in [9.17, 15) is 4.79 Å². The molecule has 0 bridgehead atoms. The molecule has 0 radical (unpaired) electrons. The lowest BCUT2D eigenvalue weighted by atomic mass is 10.2. The van der Waals surface area contributed by atoms with E-state index >= 15 is 0 Å². The van der Waals surface area contributed by atoms with Gasteiger partial charge in [0.15, 0.2) is 0 Å². The van der Waals surface area contributed by atoms with E-state index in [1.807, 2.05) is 35.4 Å². The van der Waals surface area contributed by atoms with Crippen molar-refractivity contribution in [1.29, 1.82) is 0 Å². The first-order valence-electron chi connectivity index (χ1n) is 6.53. The predicted molar refractivity (Wildman–Crippen MR) is 77.7 cm³/mol. The molecule has 98 valence electrons. The molecule has 4 heteroatoms. The molecule has 3 nitrogen and oxygen atoms in total. The van der Waals surface area contributed by atoms with Crippen LogP contribution in [0.15, 0.2) is 29.6 Å². The number of fused-ring (bicyclic) bond motifs is 1. The minimum atomic E-state index is 0.204. The molecule has 0 unspecified atom stereocenters. The Morgan fingerprint density at radius 3 is 3.05 bits per heavy atom. The van der Waals surface area contributed by atoms with Gasteiger partial charge in [0.2, 0.25) is 5.91 Å². The SMILES string of the molecule is Cc1nc(CCC(=O)N2CCc3ccccc32)cs1. The Kier molecular flexibility index (Phi) is 3.34. The Morgan fingerprint density at radius 2 is 2.26 bits per heavy atom. The zero-order chi connectivity index (χ0) is 13.2. The summed E-state index contributed by atoms with van der Waals surface area (Å²) in [6.45, 7) is 2.81. The summed E-state index contributed by atoms with van der Waals surface area (Å²) in [4.78, 5) is 18.6. The van der Waals surface area contributed by atoms with Crippen LogP contribution in [0.25, 0.3) is 0 Å². The van der Waals surface area contributed by atoms with Gasteiger partial charge in [-0.3, -0.25) is 4.79 Å². The van der Waals surface area contributed by atoms with Crippen LogP contribution in [0.4, 0.5) is 5.69 Å². The van der Waals surface area contributed by atoms with Gasteiger partial charge in [-0.1, -0.05) is 18.2 Å². The first-order valence-corrected chi connectivity index (χ1v) is 7.41. The van der Waals surface area contributed by atoms with Gasteiger partial charge in [0.25, 0.3) is 0 Å². The van der Waals surface area contributed by atoms with Crippen molar-refractivity contribution >= 4 is 22.9 Å². The molecule has 2 aromatic rings. The molecule has 1 aromatic carbocycles. The number of rotatable bonds is 3. The molecule has 0 saturated carbocycles. The van der Waals surface area contributed by atoms with Crippen LogP contribution in [0.5, 0.6) is 0 Å². The Labute approximate surface area is 116 Å². The van der Waals surface area contributed by atoms with Crippen LogP contribution in [0, 0.1) is 6.92 Å². The quantitative estimate of drug-likeness (QED) is 0.860. The van der Waals surface area contributed by atoms with Gasteiger partial charge in [0, 0.05) is 24.0 Å². The number of hydrogen-bond acceptors (Lipinski definition) is 3. The number of thiazole rings is 1. The normalized spacial score (nSPS) is 13.6. The van der Waals surface area contributed by atoms with Gasteiger partial charge < -0.3 is 4.90 Å². The van der Waals surface area contributed by atoms with Crippen LogP contribution >= 0.6 is 11.3 Å². The minimum Gasteiger partial charge on any atom is -0.312 e. The standard InChI is InChI=1S/C15H16N2OS/c1-11-16-13(10-19-11)6-7-15(18)17-9-8-12-4-2-3-5-14(12)17/h2-5,10H,6-9H2,1H3. The zero-order valence-corrected chi connectivity index (χ0v) is 11.7. The summed E-state index contributed by atoms with van der Waals surface area (Å²) in [6.07, 6.45) is 2.25. The lowest BCUT2D eigenvalue weighted by Gasteiger charge is -2.16. The van der Waals surface area contributed by atoms with E-state index in [0.717, 1.165) is 35.8 Å². The summed E-state index contributed by atoms with van der Waals surface area (Å²) in [6, 6.07) is 8.17. The topological polar surface area (TPSA) is 33.2 Å². The molecule has 1 amide bonds. The number of carbonyl (C=O) groups is 1. The van der Waals surface area contributed by atoms with Crippen molar-refractivity contribution in [2.24, 2.45) is 0 Å². The van der Waals surface area contributed by atoms with Gasteiger partial charge in [0.1, 0.15) is 0 Å². The molecule has 1 aliphatic rings. The molecule has 0 fully saturated rings. The molecule has 3 rings (SSSR count). The molecule has 1 aromatic heterocycles. The highest BCUT2D eigenvalue weighted by atomic mass is 32.1. The number of nitrogens with zero attached hydrogens (tertiary/aromatic N) is 2. The second-order valence-electron chi connectivity index (χ2n) is 4.78. The first-order chi connectivity index (χ1) is 9.24. The van der Waals surface area contributed by atoms with E-state index in [2.05, 4.69) is 11.1 Å². The number of anilines is 1. The third kappa shape index (κ3) is 2.54. The number of para-hydroxylation sites is 1. The van der Waals surface area contributed by atoms with E-state index in [0.29, 0.717) is 6.42 Å². The summed E-state index contributed by atoms with van der Waals surface area (Å²) in [5, 5.41) is 3.11. The maximum absolute atomic E-state index is 12.3. The van der Waals surface area contributed by atoms with Gasteiger partial charge in [-0.2, -0.15) is 0 Å². The molecular formula is C15H16N2OS. The fourth-order valence-electron chi connectivity index (χ4n) is 2.49. The van der Waals surface area contributed by atoms with E-state index in [4.69, 9.17) is 0 Å². The van der Waals surface area contributed by atoms with E-state index < -0.39 is 0 Å². The number of amides is 1. The Bertz CT molecular complexity index is 606. The fraction of sp³-hybridized carbons (Fsp3) is 0.333. The van der Waals surface area contributed by atoms with Crippen LogP contribution in [0.2, 0.25) is 0 Å². The lowest BCUT2D eigenvalue weighted by molar-refractivity contribution is -0.118. The van der Waals surface area contributed by atoms with Gasteiger partial charge >= 0.3 is 0 Å². The second kappa shape index (κ2) is 5.13. The van der Waals surface area contributed by atoms with Gasteiger partial charge in [-0.25, -0.2) is 4.98 Å². The third-order valence-electron chi connectivity index (χ3n) is 3.45. The number of aryl methyl sites for hydroxylation is 2.